The van der Waals surface area contributed by atoms with Crippen LogP contribution in [0.25, 0.3) is 6.08 Å². The summed E-state index contributed by atoms with van der Waals surface area (Å²) in [7, 11) is -4.48. The molecule has 0 amide bonds. The van der Waals surface area contributed by atoms with Crippen LogP contribution in [0.4, 0.5) is 16.5 Å². The zero-order valence-corrected chi connectivity index (χ0v) is 21.3. The molecule has 36 heavy (non-hydrogen) atoms. The predicted molar refractivity (Wildman–Crippen MR) is 138 cm³/mol. The van der Waals surface area contributed by atoms with Gasteiger partial charge in [-0.25, -0.2) is 9.17 Å². The molecule has 0 saturated carbocycles. The zero-order chi connectivity index (χ0) is 26.1. The fraction of sp³-hybridized carbons (Fsp3) is 0.174. The lowest BCUT2D eigenvalue weighted by Crippen LogP contribution is -2.27. The Morgan fingerprint density at radius 3 is 2.47 bits per heavy atom. The number of benzene rings is 2. The van der Waals surface area contributed by atoms with Gasteiger partial charge in [0.05, 0.1) is 22.7 Å². The molecule has 0 radical (unpaired) electrons. The van der Waals surface area contributed by atoms with E-state index in [9.17, 15) is 18.0 Å². The Balaban J connectivity index is 1.69. The molecule has 0 bridgehead atoms. The molecule has 1 heterocycles. The molecule has 3 aromatic rings. The molecule has 0 unspecified atom stereocenters. The first kappa shape index (κ1) is 27.3. The van der Waals surface area contributed by atoms with E-state index in [0.29, 0.717) is 29.0 Å². The van der Waals surface area contributed by atoms with Crippen LogP contribution >= 0.6 is 22.9 Å². The molecule has 0 atom stereocenters. The van der Waals surface area contributed by atoms with Gasteiger partial charge in [0.1, 0.15) is 5.15 Å². The molecule has 1 aromatic heterocycles. The fourth-order valence-corrected chi connectivity index (χ4v) is 4.35. The Hall–Kier alpha value is -3.29. The first-order chi connectivity index (χ1) is 17.2. The van der Waals surface area contributed by atoms with Crippen LogP contribution < -0.4 is 4.90 Å². The maximum absolute atomic E-state index is 12.6. The van der Waals surface area contributed by atoms with Crippen molar-refractivity contribution in [3.63, 3.8) is 0 Å². The first-order valence-electron chi connectivity index (χ1n) is 10.5. The number of carbonyl (C=O) groups excluding carboxylic acids is 2. The summed E-state index contributed by atoms with van der Waals surface area (Å²) in [5.74, 6) is -0.427. The van der Waals surface area contributed by atoms with Crippen molar-refractivity contribution >= 4 is 68.0 Å². The van der Waals surface area contributed by atoms with E-state index in [4.69, 9.17) is 16.2 Å². The number of Topliss-reactive ketones (excluding diaryl/α,β-unsaturated/α-hetero) is 1. The minimum atomic E-state index is -4.48. The second-order valence-corrected chi connectivity index (χ2v) is 9.57. The summed E-state index contributed by atoms with van der Waals surface area (Å²) in [5.41, 5.74) is 1.64. The van der Waals surface area contributed by atoms with E-state index in [0.717, 1.165) is 17.0 Å². The van der Waals surface area contributed by atoms with Crippen LogP contribution in [0.2, 0.25) is 5.15 Å². The maximum atomic E-state index is 12.6. The van der Waals surface area contributed by atoms with Crippen molar-refractivity contribution < 1.29 is 26.7 Å². The molecule has 0 fully saturated rings. The molecule has 0 aliphatic carbocycles. The molecule has 0 spiro atoms. The highest BCUT2D eigenvalue weighted by molar-refractivity contribution is 7.80. The molecule has 1 N–H and O–H groups in total. The number of halogens is 1. The van der Waals surface area contributed by atoms with Crippen LogP contribution in [0.15, 0.2) is 70.4 Å². The van der Waals surface area contributed by atoms with Crippen LogP contribution in [-0.4, -0.2) is 49.7 Å². The first-order valence-corrected chi connectivity index (χ1v) is 13.1. The molecule has 10 nitrogen and oxygen atoms in total. The number of thiazole rings is 1. The smallest absolute Gasteiger partial charge is 0.369 e. The minimum Gasteiger partial charge on any atom is -0.369 e. The third-order valence-electron chi connectivity index (χ3n) is 4.75. The lowest BCUT2D eigenvalue weighted by atomic mass is 10.0. The standard InChI is InChI=1S/C23H21ClN4O6S2/c1-2-28(12-13-34-36(31,32)33)19-10-8-18(9-11-19)26-27-23-25-22(24)20(35-23)14-17(15-29)21(30)16-6-4-3-5-7-16/h3-11,14-15H,2,12-13H2,1H3,(H,31,32,33)/b17-14-,27-26+. The number of nitrogens with zero attached hydrogens (tertiary/aromatic N) is 4. The fourth-order valence-electron chi connectivity index (χ4n) is 3.04. The van der Waals surface area contributed by atoms with E-state index in [2.05, 4.69) is 19.4 Å². The second-order valence-electron chi connectivity index (χ2n) is 7.11. The summed E-state index contributed by atoms with van der Waals surface area (Å²) in [5, 5.41) is 8.55. The molecule has 3 rings (SSSR count). The number of azo groups is 1. The van der Waals surface area contributed by atoms with Gasteiger partial charge in [-0.1, -0.05) is 53.3 Å². The number of aldehydes is 1. The summed E-state index contributed by atoms with van der Waals surface area (Å²) in [6, 6.07) is 15.4. The summed E-state index contributed by atoms with van der Waals surface area (Å²) >= 11 is 7.25. The van der Waals surface area contributed by atoms with Gasteiger partial charge < -0.3 is 4.90 Å². The van der Waals surface area contributed by atoms with Crippen molar-refractivity contribution in [1.29, 1.82) is 0 Å². The number of allylic oxidation sites excluding steroid dienone is 1. The lowest BCUT2D eigenvalue weighted by Gasteiger charge is -2.22. The average molecular weight is 549 g/mol. The largest absolute Gasteiger partial charge is 0.397 e. The summed E-state index contributed by atoms with van der Waals surface area (Å²) in [4.78, 5) is 30.4. The van der Waals surface area contributed by atoms with E-state index < -0.39 is 16.2 Å². The molecular weight excluding hydrogens is 528 g/mol. The van der Waals surface area contributed by atoms with Gasteiger partial charge >= 0.3 is 10.4 Å². The molecule has 0 saturated heterocycles. The van der Waals surface area contributed by atoms with Crippen molar-refractivity contribution in [2.75, 3.05) is 24.6 Å². The van der Waals surface area contributed by atoms with Crippen molar-refractivity contribution in [1.82, 2.24) is 4.98 Å². The Kier molecular flexibility index (Phi) is 9.56. The molecule has 0 aliphatic heterocycles. The molecule has 0 aliphatic rings. The summed E-state index contributed by atoms with van der Waals surface area (Å²) < 4.78 is 34.4. The van der Waals surface area contributed by atoms with Crippen LogP contribution in [0.5, 0.6) is 0 Å². The van der Waals surface area contributed by atoms with Gasteiger partial charge in [-0.3, -0.25) is 14.1 Å². The van der Waals surface area contributed by atoms with Crippen molar-refractivity contribution in [3.05, 3.63) is 75.8 Å². The Morgan fingerprint density at radius 1 is 1.17 bits per heavy atom. The number of carbonyl (C=O) groups is 2. The van der Waals surface area contributed by atoms with Crippen LogP contribution in [0, 0.1) is 0 Å². The van der Waals surface area contributed by atoms with Gasteiger partial charge in [0, 0.05) is 24.3 Å². The predicted octanol–water partition coefficient (Wildman–Crippen LogP) is 5.32. The summed E-state index contributed by atoms with van der Waals surface area (Å²) in [6.07, 6.45) is 1.85. The number of ketones is 1. The zero-order valence-electron chi connectivity index (χ0n) is 18.9. The second kappa shape index (κ2) is 12.6. The van der Waals surface area contributed by atoms with E-state index in [1.165, 1.54) is 6.08 Å². The van der Waals surface area contributed by atoms with Crippen LogP contribution in [0.3, 0.4) is 0 Å². The molecule has 13 heteroatoms. The van der Waals surface area contributed by atoms with Gasteiger partial charge in [-0.15, -0.1) is 10.2 Å². The highest BCUT2D eigenvalue weighted by Crippen LogP contribution is 2.32. The van der Waals surface area contributed by atoms with Gasteiger partial charge in [-0.05, 0) is 37.3 Å². The highest BCUT2D eigenvalue weighted by Gasteiger charge is 2.15. The normalized spacial score (nSPS) is 12.1. The van der Waals surface area contributed by atoms with Gasteiger partial charge in [0.25, 0.3) is 0 Å². The average Bonchev–Trinajstić information content (AvgIpc) is 3.22. The van der Waals surface area contributed by atoms with Gasteiger partial charge in [0.15, 0.2) is 12.1 Å². The van der Waals surface area contributed by atoms with E-state index in [1.807, 2.05) is 11.8 Å². The number of aromatic nitrogens is 1. The third-order valence-corrected chi connectivity index (χ3v) is 6.50. The SMILES string of the molecule is CCN(CCOS(=O)(=O)O)c1ccc(/N=N/c2nc(Cl)c(/C=C(/C=O)C(=O)c3ccccc3)s2)cc1. The minimum absolute atomic E-state index is 0.0618. The number of hydrogen-bond donors (Lipinski definition) is 1. The maximum Gasteiger partial charge on any atom is 0.397 e. The summed E-state index contributed by atoms with van der Waals surface area (Å²) in [6.45, 7) is 2.53. The molecule has 188 valence electrons. The third kappa shape index (κ3) is 7.86. The molecular formula is C23H21ClN4O6S2. The van der Waals surface area contributed by atoms with Gasteiger partial charge in [0.2, 0.25) is 5.13 Å². The highest BCUT2D eigenvalue weighted by atomic mass is 35.5. The lowest BCUT2D eigenvalue weighted by molar-refractivity contribution is -0.104. The van der Waals surface area contributed by atoms with Gasteiger partial charge in [-0.2, -0.15) is 8.42 Å². The van der Waals surface area contributed by atoms with Crippen molar-refractivity contribution in [3.8, 4) is 0 Å². The Morgan fingerprint density at radius 2 is 1.86 bits per heavy atom. The number of likely N-dealkylation sites (N-methyl/N-ethyl adjacent to an activating group) is 1. The topological polar surface area (TPSA) is 139 Å². The Bertz CT molecular complexity index is 1370. The van der Waals surface area contributed by atoms with Crippen molar-refractivity contribution in [2.45, 2.75) is 6.92 Å². The van der Waals surface area contributed by atoms with E-state index in [1.54, 1.807) is 54.6 Å². The Labute approximate surface area is 216 Å². The van der Waals surface area contributed by atoms with Crippen LogP contribution in [0.1, 0.15) is 22.2 Å². The van der Waals surface area contributed by atoms with Crippen molar-refractivity contribution in [2.24, 2.45) is 10.2 Å². The van der Waals surface area contributed by atoms with E-state index >= 15 is 0 Å². The quantitative estimate of drug-likeness (QED) is 0.0610. The molecule has 2 aromatic carbocycles. The number of rotatable bonds is 12. The number of anilines is 1. The number of hydrogen-bond acceptors (Lipinski definition) is 10. The van der Waals surface area contributed by atoms with Crippen LogP contribution in [-0.2, 0) is 19.4 Å². The van der Waals surface area contributed by atoms with E-state index in [-0.39, 0.29) is 29.0 Å². The monoisotopic (exact) mass is 548 g/mol.